The lowest BCUT2D eigenvalue weighted by Gasteiger charge is -2.29. The standard InChI is InChI=1S/C24H25N9O3/c1-32-13-16-21(31-32)22(27-12-18-25-4-3-5-26-18)19(24(34)29-16)23-28-15-10-14(33-6-8-36-9-7-33)11-17(35-2)20(15)30-23/h3-5,10-11,13,27H,6-9,12H2,1-2H3,(H,28,30)(H,29,34). The van der Waals surface area contributed by atoms with Crippen LogP contribution >= 0.6 is 0 Å². The number of fused-ring (bicyclic) bond motifs is 2. The van der Waals surface area contributed by atoms with Crippen molar-refractivity contribution < 1.29 is 9.47 Å². The van der Waals surface area contributed by atoms with E-state index in [4.69, 9.17) is 14.5 Å². The summed E-state index contributed by atoms with van der Waals surface area (Å²) >= 11 is 0. The number of H-pyrrole nitrogens is 2. The minimum absolute atomic E-state index is 0.293. The van der Waals surface area contributed by atoms with Gasteiger partial charge in [-0.3, -0.25) is 9.48 Å². The van der Waals surface area contributed by atoms with E-state index in [-0.39, 0.29) is 5.56 Å². The van der Waals surface area contributed by atoms with Gasteiger partial charge in [0.25, 0.3) is 5.56 Å². The first-order valence-corrected chi connectivity index (χ1v) is 11.6. The molecule has 6 rings (SSSR count). The molecule has 12 heteroatoms. The minimum Gasteiger partial charge on any atom is -0.494 e. The summed E-state index contributed by atoms with van der Waals surface area (Å²) in [4.78, 5) is 35.2. The molecule has 0 bridgehead atoms. The van der Waals surface area contributed by atoms with Crippen LogP contribution in [0.3, 0.4) is 0 Å². The summed E-state index contributed by atoms with van der Waals surface area (Å²) in [6, 6.07) is 5.75. The number of ether oxygens (including phenoxy) is 2. The zero-order valence-corrected chi connectivity index (χ0v) is 19.9. The SMILES string of the molecule is COc1cc(N2CCOCC2)cc2[nH]c(-c3c(NCc4ncccn4)c4nn(C)cc4[nH]c3=O)nc12. The number of rotatable bonds is 6. The van der Waals surface area contributed by atoms with Gasteiger partial charge >= 0.3 is 0 Å². The number of aromatic nitrogens is 7. The molecular weight excluding hydrogens is 462 g/mol. The Labute approximate surface area is 205 Å². The number of aromatic amines is 2. The largest absolute Gasteiger partial charge is 0.494 e. The van der Waals surface area contributed by atoms with Crippen LogP contribution < -0.4 is 20.5 Å². The van der Waals surface area contributed by atoms with Crippen molar-refractivity contribution in [2.24, 2.45) is 7.05 Å². The topological polar surface area (TPSA) is 139 Å². The van der Waals surface area contributed by atoms with Crippen LogP contribution in [0.1, 0.15) is 5.82 Å². The summed E-state index contributed by atoms with van der Waals surface area (Å²) in [6.45, 7) is 3.25. The van der Waals surface area contributed by atoms with Crippen molar-refractivity contribution in [3.63, 3.8) is 0 Å². The van der Waals surface area contributed by atoms with E-state index in [1.165, 1.54) is 0 Å². The Kier molecular flexibility index (Phi) is 5.49. The quantitative estimate of drug-likeness (QED) is 0.328. The number of benzene rings is 1. The van der Waals surface area contributed by atoms with E-state index in [0.717, 1.165) is 24.3 Å². The fourth-order valence-corrected chi connectivity index (χ4v) is 4.52. The van der Waals surface area contributed by atoms with Gasteiger partial charge in [0, 0.05) is 50.5 Å². The van der Waals surface area contributed by atoms with Crippen molar-refractivity contribution in [1.29, 1.82) is 0 Å². The van der Waals surface area contributed by atoms with Gasteiger partial charge < -0.3 is 29.7 Å². The van der Waals surface area contributed by atoms with Crippen molar-refractivity contribution in [2.45, 2.75) is 6.54 Å². The predicted octanol–water partition coefficient (Wildman–Crippen LogP) is 2.05. The third-order valence-corrected chi connectivity index (χ3v) is 6.20. The number of nitrogens with zero attached hydrogens (tertiary/aromatic N) is 6. The lowest BCUT2D eigenvalue weighted by atomic mass is 10.2. The molecule has 1 fully saturated rings. The third kappa shape index (κ3) is 3.90. The second-order valence-corrected chi connectivity index (χ2v) is 8.52. The summed E-state index contributed by atoms with van der Waals surface area (Å²) in [7, 11) is 3.42. The van der Waals surface area contributed by atoms with Crippen LogP contribution in [0, 0.1) is 0 Å². The van der Waals surface area contributed by atoms with Gasteiger partial charge in [0.15, 0.2) is 0 Å². The number of hydrogen-bond acceptors (Lipinski definition) is 9. The van der Waals surface area contributed by atoms with Crippen molar-refractivity contribution in [2.75, 3.05) is 43.6 Å². The van der Waals surface area contributed by atoms with Gasteiger partial charge in [0.05, 0.1) is 43.6 Å². The van der Waals surface area contributed by atoms with Crippen molar-refractivity contribution in [1.82, 2.24) is 34.7 Å². The van der Waals surface area contributed by atoms with Gasteiger partial charge in [0.1, 0.15) is 34.0 Å². The first kappa shape index (κ1) is 22.0. The summed E-state index contributed by atoms with van der Waals surface area (Å²) in [5.74, 6) is 1.63. The van der Waals surface area contributed by atoms with Gasteiger partial charge in [0.2, 0.25) is 0 Å². The van der Waals surface area contributed by atoms with Crippen molar-refractivity contribution >= 4 is 33.4 Å². The molecule has 0 spiro atoms. The van der Waals surface area contributed by atoms with E-state index in [0.29, 0.717) is 65.0 Å². The average Bonchev–Trinajstić information content (AvgIpc) is 3.50. The Balaban J connectivity index is 1.49. The van der Waals surface area contributed by atoms with Crippen LogP contribution in [0.5, 0.6) is 5.75 Å². The second-order valence-electron chi connectivity index (χ2n) is 8.52. The molecule has 4 aromatic heterocycles. The van der Waals surface area contributed by atoms with Gasteiger partial charge in [-0.2, -0.15) is 5.10 Å². The highest BCUT2D eigenvalue weighted by Crippen LogP contribution is 2.35. The van der Waals surface area contributed by atoms with Crippen LogP contribution in [0.25, 0.3) is 33.5 Å². The number of anilines is 2. The second kappa shape index (κ2) is 8.96. The van der Waals surface area contributed by atoms with E-state index in [9.17, 15) is 4.79 Å². The zero-order valence-electron chi connectivity index (χ0n) is 19.9. The number of pyridine rings is 1. The maximum atomic E-state index is 13.3. The van der Waals surface area contributed by atoms with Gasteiger partial charge in [-0.15, -0.1) is 0 Å². The highest BCUT2D eigenvalue weighted by molar-refractivity contribution is 5.97. The van der Waals surface area contributed by atoms with Gasteiger partial charge in [-0.05, 0) is 12.1 Å². The molecule has 0 atom stereocenters. The van der Waals surface area contributed by atoms with Crippen LogP contribution in [-0.2, 0) is 18.3 Å². The molecule has 1 aromatic carbocycles. The maximum absolute atomic E-state index is 13.3. The Hall–Kier alpha value is -4.45. The molecule has 0 unspecified atom stereocenters. The monoisotopic (exact) mass is 487 g/mol. The molecule has 12 nitrogen and oxygen atoms in total. The highest BCUT2D eigenvalue weighted by Gasteiger charge is 2.22. The van der Waals surface area contributed by atoms with Gasteiger partial charge in [-0.1, -0.05) is 0 Å². The summed E-state index contributed by atoms with van der Waals surface area (Å²) in [6.07, 6.45) is 5.12. The highest BCUT2D eigenvalue weighted by atomic mass is 16.5. The van der Waals surface area contributed by atoms with E-state index in [1.807, 2.05) is 12.1 Å². The Morgan fingerprint density at radius 3 is 2.69 bits per heavy atom. The van der Waals surface area contributed by atoms with Crippen LogP contribution in [-0.4, -0.2) is 68.1 Å². The molecule has 0 saturated carbocycles. The van der Waals surface area contributed by atoms with E-state index in [1.54, 1.807) is 43.5 Å². The fraction of sp³-hybridized carbons (Fsp3) is 0.292. The van der Waals surface area contributed by atoms with Crippen molar-refractivity contribution in [3.8, 4) is 17.1 Å². The molecular formula is C24H25N9O3. The van der Waals surface area contributed by atoms with E-state index >= 15 is 0 Å². The zero-order chi connectivity index (χ0) is 24.6. The molecule has 3 N–H and O–H groups in total. The van der Waals surface area contributed by atoms with Gasteiger partial charge in [-0.25, -0.2) is 15.0 Å². The molecule has 0 radical (unpaired) electrons. The van der Waals surface area contributed by atoms with Crippen LogP contribution in [0.2, 0.25) is 0 Å². The molecule has 1 aliphatic heterocycles. The molecule has 5 aromatic rings. The average molecular weight is 488 g/mol. The summed E-state index contributed by atoms with van der Waals surface area (Å²) < 4.78 is 12.8. The molecule has 184 valence electrons. The first-order chi connectivity index (χ1) is 17.6. The van der Waals surface area contributed by atoms with Crippen LogP contribution in [0.4, 0.5) is 11.4 Å². The number of morpholine rings is 1. The molecule has 5 heterocycles. The maximum Gasteiger partial charge on any atom is 0.261 e. The van der Waals surface area contributed by atoms with E-state index in [2.05, 4.69) is 35.3 Å². The molecule has 0 aliphatic carbocycles. The first-order valence-electron chi connectivity index (χ1n) is 11.6. The number of methoxy groups -OCH3 is 1. The molecule has 1 aliphatic rings. The summed E-state index contributed by atoms with van der Waals surface area (Å²) in [5, 5.41) is 7.90. The lowest BCUT2D eigenvalue weighted by molar-refractivity contribution is 0.122. The predicted molar refractivity (Wildman–Crippen MR) is 135 cm³/mol. The molecule has 36 heavy (non-hydrogen) atoms. The number of nitrogens with one attached hydrogen (secondary N) is 3. The van der Waals surface area contributed by atoms with Crippen molar-refractivity contribution in [3.05, 3.63) is 53.0 Å². The number of hydrogen-bond donors (Lipinski definition) is 3. The fourth-order valence-electron chi connectivity index (χ4n) is 4.52. The number of aryl methyl sites for hydroxylation is 1. The van der Waals surface area contributed by atoms with Crippen LogP contribution in [0.15, 0.2) is 41.6 Å². The smallest absolute Gasteiger partial charge is 0.261 e. The minimum atomic E-state index is -0.293. The number of imidazole rings is 1. The third-order valence-electron chi connectivity index (χ3n) is 6.20. The van der Waals surface area contributed by atoms with E-state index < -0.39 is 0 Å². The summed E-state index contributed by atoms with van der Waals surface area (Å²) in [5.41, 5.74) is 4.25. The Morgan fingerprint density at radius 2 is 1.92 bits per heavy atom. The normalized spacial score (nSPS) is 14.0. The lowest BCUT2D eigenvalue weighted by Crippen LogP contribution is -2.36. The molecule has 1 saturated heterocycles. The molecule has 0 amide bonds. The Morgan fingerprint density at radius 1 is 1.11 bits per heavy atom. The Bertz CT molecular complexity index is 1600.